The number of hydrogen-bond donors (Lipinski definition) is 0. The molecule has 2 aromatic heterocycles. The molecule has 55 heavy (non-hydrogen) atoms. The van der Waals surface area contributed by atoms with Crippen LogP contribution in [-0.2, 0) is 0 Å². The third-order valence-corrected chi connectivity index (χ3v) is 10.7. The Bertz CT molecular complexity index is 3240. The number of aromatic nitrogens is 3. The van der Waals surface area contributed by atoms with E-state index in [0.717, 1.165) is 55.3 Å². The standard InChI is InChI=1S/C51H31N3O/c1-3-13-32(14-4-1)39-21-11-22-42-47-43(23-12-24-45(47)55-48(39)42)51-53-49(35-16-5-2-6-17-35)52-50(54-51)36-28-25-34(26-29-36)44-31-37-30-27-33-15-7-8-18-38(33)46(37)41-20-10-9-19-40(41)44/h1-31H. The molecule has 4 nitrogen and oxygen atoms in total. The fraction of sp³-hybridized carbons (Fsp3) is 0. The molecule has 0 aliphatic rings. The van der Waals surface area contributed by atoms with E-state index in [1.807, 2.05) is 48.5 Å². The molecule has 0 aliphatic heterocycles. The van der Waals surface area contributed by atoms with E-state index < -0.39 is 0 Å². The number of para-hydroxylation sites is 1. The minimum absolute atomic E-state index is 0.596. The second kappa shape index (κ2) is 12.6. The molecule has 11 aromatic rings. The van der Waals surface area contributed by atoms with Crippen molar-refractivity contribution in [3.63, 3.8) is 0 Å². The molecule has 0 amide bonds. The van der Waals surface area contributed by atoms with Gasteiger partial charge in [-0.15, -0.1) is 0 Å². The summed E-state index contributed by atoms with van der Waals surface area (Å²) in [5, 5.41) is 9.52. The largest absolute Gasteiger partial charge is 0.455 e. The summed E-state index contributed by atoms with van der Waals surface area (Å²) in [6.07, 6.45) is 0. The summed E-state index contributed by atoms with van der Waals surface area (Å²) in [5.41, 5.74) is 8.86. The highest BCUT2D eigenvalue weighted by molar-refractivity contribution is 6.23. The van der Waals surface area contributed by atoms with E-state index in [1.165, 1.54) is 37.9 Å². The third kappa shape index (κ3) is 5.19. The zero-order chi connectivity index (χ0) is 36.3. The molecule has 11 rings (SSSR count). The Hall–Kier alpha value is -7.43. The minimum atomic E-state index is 0.596. The molecule has 0 aliphatic carbocycles. The van der Waals surface area contributed by atoms with Crippen LogP contribution >= 0.6 is 0 Å². The van der Waals surface area contributed by atoms with Gasteiger partial charge in [-0.2, -0.15) is 0 Å². The lowest BCUT2D eigenvalue weighted by Gasteiger charge is -2.14. The van der Waals surface area contributed by atoms with Crippen LogP contribution in [0.3, 0.4) is 0 Å². The Kier molecular flexibility index (Phi) is 7.14. The summed E-state index contributed by atoms with van der Waals surface area (Å²) < 4.78 is 6.59. The Morgan fingerprint density at radius 3 is 1.64 bits per heavy atom. The van der Waals surface area contributed by atoms with Gasteiger partial charge in [-0.3, -0.25) is 0 Å². The first-order valence-corrected chi connectivity index (χ1v) is 18.5. The Morgan fingerprint density at radius 2 is 0.855 bits per heavy atom. The van der Waals surface area contributed by atoms with Crippen LogP contribution in [0.4, 0.5) is 0 Å². The number of nitrogens with zero attached hydrogens (tertiary/aromatic N) is 3. The molecule has 256 valence electrons. The van der Waals surface area contributed by atoms with Crippen LogP contribution < -0.4 is 0 Å². The maximum atomic E-state index is 6.59. The van der Waals surface area contributed by atoms with Gasteiger partial charge in [0.25, 0.3) is 0 Å². The molecule has 9 aromatic carbocycles. The fourth-order valence-electron chi connectivity index (χ4n) is 8.14. The lowest BCUT2D eigenvalue weighted by Crippen LogP contribution is -2.00. The third-order valence-electron chi connectivity index (χ3n) is 10.7. The van der Waals surface area contributed by atoms with Crippen LogP contribution in [0, 0.1) is 0 Å². The topological polar surface area (TPSA) is 51.8 Å². The Morgan fingerprint density at radius 1 is 0.309 bits per heavy atom. The van der Waals surface area contributed by atoms with E-state index in [1.54, 1.807) is 0 Å². The summed E-state index contributed by atoms with van der Waals surface area (Å²) >= 11 is 0. The maximum Gasteiger partial charge on any atom is 0.164 e. The Labute approximate surface area is 317 Å². The number of benzene rings is 9. The van der Waals surface area contributed by atoms with Gasteiger partial charge in [-0.05, 0) is 61.1 Å². The van der Waals surface area contributed by atoms with E-state index in [4.69, 9.17) is 19.4 Å². The monoisotopic (exact) mass is 701 g/mol. The molecular weight excluding hydrogens is 671 g/mol. The molecular formula is C51H31N3O. The van der Waals surface area contributed by atoms with Crippen LogP contribution in [0.25, 0.3) is 111 Å². The number of fused-ring (bicyclic) bond motifs is 8. The van der Waals surface area contributed by atoms with Crippen LogP contribution in [0.5, 0.6) is 0 Å². The summed E-state index contributed by atoms with van der Waals surface area (Å²) in [4.78, 5) is 15.3. The van der Waals surface area contributed by atoms with Crippen LogP contribution in [0.2, 0.25) is 0 Å². The van der Waals surface area contributed by atoms with Crippen molar-refractivity contribution in [2.24, 2.45) is 0 Å². The summed E-state index contributed by atoms with van der Waals surface area (Å²) in [6.45, 7) is 0. The highest BCUT2D eigenvalue weighted by atomic mass is 16.3. The van der Waals surface area contributed by atoms with Crippen LogP contribution in [-0.4, -0.2) is 15.0 Å². The molecule has 0 unspecified atom stereocenters. The van der Waals surface area contributed by atoms with Gasteiger partial charge in [0.15, 0.2) is 17.5 Å². The van der Waals surface area contributed by atoms with E-state index in [2.05, 4.69) is 140 Å². The number of furan rings is 1. The molecule has 0 bridgehead atoms. The summed E-state index contributed by atoms with van der Waals surface area (Å²) in [6, 6.07) is 65.7. The van der Waals surface area contributed by atoms with Crippen LogP contribution in [0.15, 0.2) is 192 Å². The molecule has 0 saturated heterocycles. The number of rotatable bonds is 5. The molecule has 0 fully saturated rings. The van der Waals surface area contributed by atoms with Crippen molar-refractivity contribution in [3.8, 4) is 56.4 Å². The Balaban J connectivity index is 1.07. The molecule has 0 N–H and O–H groups in total. The van der Waals surface area contributed by atoms with Crippen molar-refractivity contribution in [1.82, 2.24) is 15.0 Å². The fourth-order valence-corrected chi connectivity index (χ4v) is 8.14. The maximum absolute atomic E-state index is 6.59. The molecule has 4 heteroatoms. The second-order valence-electron chi connectivity index (χ2n) is 13.9. The first kappa shape index (κ1) is 31.1. The molecule has 0 atom stereocenters. The van der Waals surface area contributed by atoms with Crippen molar-refractivity contribution in [2.75, 3.05) is 0 Å². The molecule has 2 heterocycles. The molecule has 0 radical (unpaired) electrons. The van der Waals surface area contributed by atoms with Gasteiger partial charge < -0.3 is 4.42 Å². The van der Waals surface area contributed by atoms with E-state index in [9.17, 15) is 0 Å². The first-order valence-electron chi connectivity index (χ1n) is 18.5. The summed E-state index contributed by atoms with van der Waals surface area (Å²) in [7, 11) is 0. The zero-order valence-corrected chi connectivity index (χ0v) is 29.6. The van der Waals surface area contributed by atoms with Crippen molar-refractivity contribution < 1.29 is 4.42 Å². The summed E-state index contributed by atoms with van der Waals surface area (Å²) in [5.74, 6) is 1.83. The van der Waals surface area contributed by atoms with Gasteiger partial charge >= 0.3 is 0 Å². The van der Waals surface area contributed by atoms with Gasteiger partial charge in [0.2, 0.25) is 0 Å². The van der Waals surface area contributed by atoms with Gasteiger partial charge in [0, 0.05) is 33.0 Å². The lowest BCUT2D eigenvalue weighted by molar-refractivity contribution is 0.670. The SMILES string of the molecule is c1ccc(-c2nc(-c3ccc(-c4cc5ccc6ccccc6c5c5ccccc45)cc3)nc(-c3cccc4oc5c(-c6ccccc6)cccc5c34)n2)cc1. The van der Waals surface area contributed by atoms with Gasteiger partial charge in [-0.25, -0.2) is 15.0 Å². The predicted octanol–water partition coefficient (Wildman–Crippen LogP) is 13.6. The quantitative estimate of drug-likeness (QED) is 0.168. The molecule has 0 spiro atoms. The van der Waals surface area contributed by atoms with Crippen molar-refractivity contribution in [1.29, 1.82) is 0 Å². The van der Waals surface area contributed by atoms with E-state index in [-0.39, 0.29) is 0 Å². The normalized spacial score (nSPS) is 11.6. The van der Waals surface area contributed by atoms with Crippen molar-refractivity contribution in [3.05, 3.63) is 188 Å². The number of hydrogen-bond acceptors (Lipinski definition) is 4. The first-order chi connectivity index (χ1) is 27.3. The van der Waals surface area contributed by atoms with Crippen molar-refractivity contribution in [2.45, 2.75) is 0 Å². The van der Waals surface area contributed by atoms with Gasteiger partial charge in [0.1, 0.15) is 11.2 Å². The average molecular weight is 702 g/mol. The lowest BCUT2D eigenvalue weighted by atomic mass is 9.90. The zero-order valence-electron chi connectivity index (χ0n) is 29.6. The highest BCUT2D eigenvalue weighted by Crippen LogP contribution is 2.41. The van der Waals surface area contributed by atoms with E-state index in [0.29, 0.717) is 17.5 Å². The van der Waals surface area contributed by atoms with E-state index >= 15 is 0 Å². The van der Waals surface area contributed by atoms with Crippen molar-refractivity contribution >= 4 is 54.3 Å². The van der Waals surface area contributed by atoms with Gasteiger partial charge in [-0.1, -0.05) is 176 Å². The smallest absolute Gasteiger partial charge is 0.164 e. The average Bonchev–Trinajstić information content (AvgIpc) is 3.66. The van der Waals surface area contributed by atoms with Gasteiger partial charge in [0.05, 0.1) is 0 Å². The minimum Gasteiger partial charge on any atom is -0.455 e. The molecule has 0 saturated carbocycles. The highest BCUT2D eigenvalue weighted by Gasteiger charge is 2.20. The predicted molar refractivity (Wildman–Crippen MR) is 227 cm³/mol. The second-order valence-corrected chi connectivity index (χ2v) is 13.9. The van der Waals surface area contributed by atoms with Crippen LogP contribution in [0.1, 0.15) is 0 Å².